The summed E-state index contributed by atoms with van der Waals surface area (Å²) >= 11 is 2.31. The van der Waals surface area contributed by atoms with Crippen molar-refractivity contribution in [1.82, 2.24) is 0 Å². The Kier molecular flexibility index (Phi) is 4.47. The molecule has 1 atom stereocenters. The fraction of sp³-hybridized carbons (Fsp3) is 0.538. The van der Waals surface area contributed by atoms with Crippen LogP contribution in [0.4, 0.5) is 11.4 Å². The summed E-state index contributed by atoms with van der Waals surface area (Å²) in [6, 6.07) is 5.98. The van der Waals surface area contributed by atoms with Crippen LogP contribution >= 0.6 is 22.6 Å². The molecule has 0 bridgehead atoms. The van der Waals surface area contributed by atoms with E-state index in [1.807, 2.05) is 18.2 Å². The highest BCUT2D eigenvalue weighted by atomic mass is 127. The number of hydrogen-bond acceptors (Lipinski definition) is 2. The quantitative estimate of drug-likeness (QED) is 0.649. The van der Waals surface area contributed by atoms with E-state index < -0.39 is 0 Å². The number of nitrogens with one attached hydrogen (secondary N) is 1. The number of halogens is 1. The van der Waals surface area contributed by atoms with E-state index in [2.05, 4.69) is 55.6 Å². The average Bonchev–Trinajstić information content (AvgIpc) is 2.14. The predicted octanol–water partition coefficient (Wildman–Crippen LogP) is 3.97. The Hall–Kier alpha value is -0.450. The maximum absolute atomic E-state index is 5.72. The second kappa shape index (κ2) is 5.25. The van der Waals surface area contributed by atoms with Crippen LogP contribution in [-0.4, -0.2) is 6.54 Å². The van der Waals surface area contributed by atoms with Crippen molar-refractivity contribution >= 4 is 34.0 Å². The van der Waals surface area contributed by atoms with E-state index >= 15 is 0 Å². The molecule has 0 radical (unpaired) electrons. The third kappa shape index (κ3) is 3.85. The summed E-state index contributed by atoms with van der Waals surface area (Å²) in [7, 11) is 0. The Morgan fingerprint density at radius 3 is 2.50 bits per heavy atom. The van der Waals surface area contributed by atoms with Gasteiger partial charge in [0.25, 0.3) is 0 Å². The van der Waals surface area contributed by atoms with Gasteiger partial charge in [0.05, 0.1) is 0 Å². The van der Waals surface area contributed by atoms with E-state index in [0.717, 1.165) is 12.2 Å². The molecule has 1 rings (SSSR count). The van der Waals surface area contributed by atoms with Gasteiger partial charge >= 0.3 is 0 Å². The molecule has 16 heavy (non-hydrogen) atoms. The van der Waals surface area contributed by atoms with Crippen LogP contribution in [0.5, 0.6) is 0 Å². The lowest BCUT2D eigenvalue weighted by atomic mass is 9.82. The van der Waals surface area contributed by atoms with Gasteiger partial charge in [0.1, 0.15) is 0 Å². The molecule has 3 N–H and O–H groups in total. The van der Waals surface area contributed by atoms with Gasteiger partial charge in [-0.3, -0.25) is 0 Å². The zero-order valence-electron chi connectivity index (χ0n) is 10.5. The van der Waals surface area contributed by atoms with Crippen LogP contribution in [0.3, 0.4) is 0 Å². The summed E-state index contributed by atoms with van der Waals surface area (Å²) in [6.45, 7) is 10.1. The molecule has 90 valence electrons. The smallest absolute Gasteiger partial charge is 0.0477 e. The fourth-order valence-corrected chi connectivity index (χ4v) is 1.97. The maximum Gasteiger partial charge on any atom is 0.0477 e. The standard InChI is InChI=1S/C13H21IN2/c1-9(13(2,3)4)8-16-12-6-5-10(15)7-11(12)14/h5-7,9,16H,8,15H2,1-4H3. The van der Waals surface area contributed by atoms with E-state index in [-0.39, 0.29) is 0 Å². The molecule has 0 saturated carbocycles. The molecule has 2 nitrogen and oxygen atoms in total. The summed E-state index contributed by atoms with van der Waals surface area (Å²) in [6.07, 6.45) is 0. The van der Waals surface area contributed by atoms with Crippen molar-refractivity contribution in [1.29, 1.82) is 0 Å². The molecule has 0 heterocycles. The summed E-state index contributed by atoms with van der Waals surface area (Å²) in [5.41, 5.74) is 8.05. The highest BCUT2D eigenvalue weighted by molar-refractivity contribution is 14.1. The normalized spacial score (nSPS) is 13.6. The van der Waals surface area contributed by atoms with Crippen LogP contribution in [0.15, 0.2) is 18.2 Å². The molecule has 0 aliphatic heterocycles. The number of rotatable bonds is 3. The molecule has 0 amide bonds. The SMILES string of the molecule is CC(CNc1ccc(N)cc1I)C(C)(C)C. The summed E-state index contributed by atoms with van der Waals surface area (Å²) < 4.78 is 1.18. The minimum atomic E-state index is 0.340. The van der Waals surface area contributed by atoms with E-state index in [1.54, 1.807) is 0 Å². The fourth-order valence-electron chi connectivity index (χ4n) is 1.24. The first-order valence-electron chi connectivity index (χ1n) is 5.59. The highest BCUT2D eigenvalue weighted by Gasteiger charge is 2.19. The second-order valence-electron chi connectivity index (χ2n) is 5.39. The van der Waals surface area contributed by atoms with Crippen LogP contribution < -0.4 is 11.1 Å². The van der Waals surface area contributed by atoms with Gasteiger partial charge in [-0.05, 0) is 52.1 Å². The molecule has 3 heteroatoms. The minimum absolute atomic E-state index is 0.340. The molecule has 1 aromatic rings. The van der Waals surface area contributed by atoms with Gasteiger partial charge in [-0.25, -0.2) is 0 Å². The number of hydrogen-bond donors (Lipinski definition) is 2. The van der Waals surface area contributed by atoms with Gasteiger partial charge in [-0.1, -0.05) is 27.7 Å². The summed E-state index contributed by atoms with van der Waals surface area (Å²) in [5, 5.41) is 3.48. The molecule has 0 aliphatic rings. The first-order chi connectivity index (χ1) is 7.30. The molecular formula is C13H21IN2. The Bertz CT molecular complexity index is 355. The Morgan fingerprint density at radius 1 is 1.38 bits per heavy atom. The lowest BCUT2D eigenvalue weighted by Gasteiger charge is -2.28. The predicted molar refractivity (Wildman–Crippen MR) is 80.7 cm³/mol. The first-order valence-corrected chi connectivity index (χ1v) is 6.67. The van der Waals surface area contributed by atoms with Crippen molar-refractivity contribution in [3.05, 3.63) is 21.8 Å². The van der Waals surface area contributed by atoms with Gasteiger partial charge in [-0.2, -0.15) is 0 Å². The van der Waals surface area contributed by atoms with Gasteiger partial charge in [0.15, 0.2) is 0 Å². The Balaban J connectivity index is 2.62. The zero-order chi connectivity index (χ0) is 12.3. The average molecular weight is 332 g/mol. The van der Waals surface area contributed by atoms with Crippen LogP contribution in [0.1, 0.15) is 27.7 Å². The Morgan fingerprint density at radius 2 is 2.00 bits per heavy atom. The van der Waals surface area contributed by atoms with E-state index in [4.69, 9.17) is 5.73 Å². The molecule has 0 spiro atoms. The molecule has 0 saturated heterocycles. The number of benzene rings is 1. The van der Waals surface area contributed by atoms with Crippen molar-refractivity contribution in [2.75, 3.05) is 17.6 Å². The van der Waals surface area contributed by atoms with E-state index in [1.165, 1.54) is 9.26 Å². The molecule has 0 aliphatic carbocycles. The van der Waals surface area contributed by atoms with Crippen LogP contribution in [0.2, 0.25) is 0 Å². The first kappa shape index (κ1) is 13.6. The van der Waals surface area contributed by atoms with E-state index in [0.29, 0.717) is 11.3 Å². The monoisotopic (exact) mass is 332 g/mol. The van der Waals surface area contributed by atoms with Gasteiger partial charge in [-0.15, -0.1) is 0 Å². The number of nitrogen functional groups attached to an aromatic ring is 1. The third-order valence-corrected chi connectivity index (χ3v) is 3.96. The molecule has 1 aromatic carbocycles. The summed E-state index contributed by atoms with van der Waals surface area (Å²) in [5.74, 6) is 0.626. The van der Waals surface area contributed by atoms with Crippen LogP contribution in [-0.2, 0) is 0 Å². The number of anilines is 2. The molecule has 0 fully saturated rings. The molecular weight excluding hydrogens is 311 g/mol. The van der Waals surface area contributed by atoms with Crippen LogP contribution in [0, 0.1) is 14.9 Å². The highest BCUT2D eigenvalue weighted by Crippen LogP contribution is 2.27. The van der Waals surface area contributed by atoms with Crippen molar-refractivity contribution in [2.24, 2.45) is 11.3 Å². The lowest BCUT2D eigenvalue weighted by Crippen LogP contribution is -2.25. The van der Waals surface area contributed by atoms with Crippen molar-refractivity contribution in [3.63, 3.8) is 0 Å². The topological polar surface area (TPSA) is 38.0 Å². The summed E-state index contributed by atoms with van der Waals surface area (Å²) in [4.78, 5) is 0. The van der Waals surface area contributed by atoms with Crippen molar-refractivity contribution in [3.8, 4) is 0 Å². The van der Waals surface area contributed by atoms with Gasteiger partial charge in [0.2, 0.25) is 0 Å². The zero-order valence-corrected chi connectivity index (χ0v) is 12.6. The van der Waals surface area contributed by atoms with Crippen LogP contribution in [0.25, 0.3) is 0 Å². The lowest BCUT2D eigenvalue weighted by molar-refractivity contribution is 0.274. The largest absolute Gasteiger partial charge is 0.399 e. The molecule has 1 unspecified atom stereocenters. The van der Waals surface area contributed by atoms with E-state index in [9.17, 15) is 0 Å². The minimum Gasteiger partial charge on any atom is -0.399 e. The second-order valence-corrected chi connectivity index (χ2v) is 6.55. The number of nitrogens with two attached hydrogens (primary N) is 1. The van der Waals surface area contributed by atoms with Gasteiger partial charge < -0.3 is 11.1 Å². The Labute approximate surface area is 112 Å². The molecule has 0 aromatic heterocycles. The van der Waals surface area contributed by atoms with Crippen molar-refractivity contribution < 1.29 is 0 Å². The van der Waals surface area contributed by atoms with Crippen molar-refractivity contribution in [2.45, 2.75) is 27.7 Å². The van der Waals surface area contributed by atoms with Gasteiger partial charge in [0, 0.05) is 21.5 Å². The third-order valence-electron chi connectivity index (χ3n) is 3.07. The maximum atomic E-state index is 5.72.